The summed E-state index contributed by atoms with van der Waals surface area (Å²) in [5.41, 5.74) is -0.206. The Labute approximate surface area is 101 Å². The molecule has 0 aromatic heterocycles. The van der Waals surface area contributed by atoms with Gasteiger partial charge in [0.1, 0.15) is 0 Å². The van der Waals surface area contributed by atoms with Crippen molar-refractivity contribution >= 4 is 0 Å². The standard InChI is InChI=1S/C13H27N3/c1-6-16(7-2)10-12(3)15-9-8-13(4,5)11-14/h12,15H,6-10H2,1-5H3. The normalized spacial score (nSPS) is 13.8. The summed E-state index contributed by atoms with van der Waals surface area (Å²) in [5.74, 6) is 0. The Morgan fingerprint density at radius 3 is 2.31 bits per heavy atom. The van der Waals surface area contributed by atoms with Crippen LogP contribution in [0.1, 0.15) is 41.0 Å². The fraction of sp³-hybridized carbons (Fsp3) is 0.923. The quantitative estimate of drug-likeness (QED) is 0.688. The lowest BCUT2D eigenvalue weighted by Crippen LogP contribution is -2.40. The van der Waals surface area contributed by atoms with Gasteiger partial charge in [0, 0.05) is 12.6 Å². The summed E-state index contributed by atoms with van der Waals surface area (Å²) in [6, 6.07) is 2.82. The van der Waals surface area contributed by atoms with Gasteiger partial charge in [-0.3, -0.25) is 0 Å². The van der Waals surface area contributed by atoms with Gasteiger partial charge in [-0.25, -0.2) is 0 Å². The van der Waals surface area contributed by atoms with Gasteiger partial charge >= 0.3 is 0 Å². The van der Waals surface area contributed by atoms with Crippen LogP contribution >= 0.6 is 0 Å². The van der Waals surface area contributed by atoms with E-state index in [4.69, 9.17) is 5.26 Å². The van der Waals surface area contributed by atoms with E-state index in [0.29, 0.717) is 6.04 Å². The second kappa shape index (κ2) is 7.65. The average molecular weight is 225 g/mol. The molecule has 0 amide bonds. The van der Waals surface area contributed by atoms with E-state index in [-0.39, 0.29) is 5.41 Å². The lowest BCUT2D eigenvalue weighted by molar-refractivity contribution is 0.267. The Hall–Kier alpha value is -0.590. The minimum absolute atomic E-state index is 0.206. The van der Waals surface area contributed by atoms with Gasteiger partial charge in [0.15, 0.2) is 0 Å². The molecule has 0 aliphatic rings. The molecule has 0 rings (SSSR count). The third-order valence-electron chi connectivity index (χ3n) is 2.97. The molecule has 3 heteroatoms. The van der Waals surface area contributed by atoms with Crippen LogP contribution < -0.4 is 5.32 Å². The summed E-state index contributed by atoms with van der Waals surface area (Å²) in [6.07, 6.45) is 0.909. The van der Waals surface area contributed by atoms with Gasteiger partial charge in [-0.2, -0.15) is 5.26 Å². The van der Waals surface area contributed by atoms with Crippen LogP contribution in [0.15, 0.2) is 0 Å². The summed E-state index contributed by atoms with van der Waals surface area (Å²) in [7, 11) is 0. The Bertz CT molecular complexity index is 214. The van der Waals surface area contributed by atoms with Crippen molar-refractivity contribution in [1.82, 2.24) is 10.2 Å². The predicted molar refractivity (Wildman–Crippen MR) is 69.3 cm³/mol. The molecule has 0 aromatic carbocycles. The molecular formula is C13H27N3. The van der Waals surface area contributed by atoms with Crippen molar-refractivity contribution in [2.45, 2.75) is 47.1 Å². The molecule has 0 spiro atoms. The lowest BCUT2D eigenvalue weighted by Gasteiger charge is -2.24. The lowest BCUT2D eigenvalue weighted by atomic mass is 9.91. The maximum atomic E-state index is 8.89. The van der Waals surface area contributed by atoms with Crippen LogP contribution in [0.5, 0.6) is 0 Å². The molecule has 0 aliphatic carbocycles. The highest BCUT2D eigenvalue weighted by Crippen LogP contribution is 2.17. The van der Waals surface area contributed by atoms with E-state index in [1.807, 2.05) is 13.8 Å². The molecule has 3 nitrogen and oxygen atoms in total. The number of nitriles is 1. The zero-order valence-electron chi connectivity index (χ0n) is 11.5. The fourth-order valence-corrected chi connectivity index (χ4v) is 1.62. The van der Waals surface area contributed by atoms with Gasteiger partial charge in [-0.15, -0.1) is 0 Å². The summed E-state index contributed by atoms with van der Waals surface area (Å²) < 4.78 is 0. The van der Waals surface area contributed by atoms with Gasteiger partial charge in [0.25, 0.3) is 0 Å². The highest BCUT2D eigenvalue weighted by Gasteiger charge is 2.16. The van der Waals surface area contributed by atoms with Crippen LogP contribution in [0, 0.1) is 16.7 Å². The number of nitrogens with one attached hydrogen (secondary N) is 1. The van der Waals surface area contributed by atoms with Crippen LogP contribution in [0.25, 0.3) is 0 Å². The molecule has 0 heterocycles. The van der Waals surface area contributed by atoms with E-state index in [0.717, 1.165) is 32.6 Å². The number of nitrogens with zero attached hydrogens (tertiary/aromatic N) is 2. The van der Waals surface area contributed by atoms with Gasteiger partial charge in [0.2, 0.25) is 0 Å². The zero-order valence-corrected chi connectivity index (χ0v) is 11.5. The highest BCUT2D eigenvalue weighted by molar-refractivity contribution is 4.92. The number of likely N-dealkylation sites (N-methyl/N-ethyl adjacent to an activating group) is 1. The molecule has 0 aromatic rings. The Kier molecular flexibility index (Phi) is 7.36. The second-order valence-electron chi connectivity index (χ2n) is 5.09. The summed E-state index contributed by atoms with van der Waals surface area (Å²) >= 11 is 0. The van der Waals surface area contributed by atoms with E-state index in [9.17, 15) is 0 Å². The molecule has 16 heavy (non-hydrogen) atoms. The molecule has 0 aliphatic heterocycles. The van der Waals surface area contributed by atoms with Crippen molar-refractivity contribution in [3.8, 4) is 6.07 Å². The molecule has 0 saturated heterocycles. The molecule has 94 valence electrons. The van der Waals surface area contributed by atoms with E-state index in [2.05, 4.69) is 37.1 Å². The Morgan fingerprint density at radius 2 is 1.88 bits per heavy atom. The van der Waals surface area contributed by atoms with Gasteiger partial charge < -0.3 is 10.2 Å². The van der Waals surface area contributed by atoms with Gasteiger partial charge in [-0.1, -0.05) is 13.8 Å². The molecule has 0 fully saturated rings. The van der Waals surface area contributed by atoms with Crippen molar-refractivity contribution in [2.75, 3.05) is 26.2 Å². The SMILES string of the molecule is CCN(CC)CC(C)NCCC(C)(C)C#N. The van der Waals surface area contributed by atoms with E-state index >= 15 is 0 Å². The predicted octanol–water partition coefficient (Wildman–Crippen LogP) is 2.25. The van der Waals surface area contributed by atoms with Crippen LogP contribution in [-0.4, -0.2) is 37.1 Å². The van der Waals surface area contributed by atoms with Crippen molar-refractivity contribution in [3.05, 3.63) is 0 Å². The molecular weight excluding hydrogens is 198 g/mol. The molecule has 0 radical (unpaired) electrons. The molecule has 0 bridgehead atoms. The minimum Gasteiger partial charge on any atom is -0.313 e. The number of hydrogen-bond acceptors (Lipinski definition) is 3. The first kappa shape index (κ1) is 15.4. The first-order chi connectivity index (χ1) is 7.45. The summed E-state index contributed by atoms with van der Waals surface area (Å²) in [4.78, 5) is 2.41. The largest absolute Gasteiger partial charge is 0.313 e. The third-order valence-corrected chi connectivity index (χ3v) is 2.97. The third kappa shape index (κ3) is 6.81. The van der Waals surface area contributed by atoms with Crippen molar-refractivity contribution in [2.24, 2.45) is 5.41 Å². The van der Waals surface area contributed by atoms with Gasteiger partial charge in [0.05, 0.1) is 11.5 Å². The average Bonchev–Trinajstić information content (AvgIpc) is 2.25. The second-order valence-corrected chi connectivity index (χ2v) is 5.09. The highest BCUT2D eigenvalue weighted by atomic mass is 15.1. The smallest absolute Gasteiger partial charge is 0.0684 e. The van der Waals surface area contributed by atoms with Crippen LogP contribution in [0.3, 0.4) is 0 Å². The molecule has 1 atom stereocenters. The summed E-state index contributed by atoms with van der Waals surface area (Å²) in [6.45, 7) is 14.8. The maximum absolute atomic E-state index is 8.89. The monoisotopic (exact) mass is 225 g/mol. The topological polar surface area (TPSA) is 39.1 Å². The Morgan fingerprint density at radius 1 is 1.31 bits per heavy atom. The number of hydrogen-bond donors (Lipinski definition) is 1. The van der Waals surface area contributed by atoms with Crippen LogP contribution in [0.2, 0.25) is 0 Å². The van der Waals surface area contributed by atoms with Crippen molar-refractivity contribution in [1.29, 1.82) is 5.26 Å². The minimum atomic E-state index is -0.206. The van der Waals surface area contributed by atoms with Crippen LogP contribution in [-0.2, 0) is 0 Å². The fourth-order valence-electron chi connectivity index (χ4n) is 1.62. The number of rotatable bonds is 8. The van der Waals surface area contributed by atoms with Gasteiger partial charge in [-0.05, 0) is 46.8 Å². The Balaban J connectivity index is 3.74. The molecule has 1 unspecified atom stereocenters. The first-order valence-corrected chi connectivity index (χ1v) is 6.32. The van der Waals surface area contributed by atoms with Crippen molar-refractivity contribution in [3.63, 3.8) is 0 Å². The maximum Gasteiger partial charge on any atom is 0.0684 e. The van der Waals surface area contributed by atoms with E-state index in [1.165, 1.54) is 0 Å². The van der Waals surface area contributed by atoms with Crippen molar-refractivity contribution < 1.29 is 0 Å². The van der Waals surface area contributed by atoms with Crippen LogP contribution in [0.4, 0.5) is 0 Å². The van der Waals surface area contributed by atoms with E-state index < -0.39 is 0 Å². The molecule has 0 saturated carbocycles. The van der Waals surface area contributed by atoms with E-state index in [1.54, 1.807) is 0 Å². The summed E-state index contributed by atoms with van der Waals surface area (Å²) in [5, 5.41) is 12.4. The zero-order chi connectivity index (χ0) is 12.6. The molecule has 1 N–H and O–H groups in total. The first-order valence-electron chi connectivity index (χ1n) is 6.32.